The molecule has 0 spiro atoms. The summed E-state index contributed by atoms with van der Waals surface area (Å²) in [6, 6.07) is 0. The molecule has 0 aromatic rings. The van der Waals surface area contributed by atoms with Crippen LogP contribution in [0.1, 0.15) is 27.7 Å². The standard InChI is InChI=1S/C21H44N6O.HI/c1-6-25-7-9-26(10-8-25)16-19(4)13-23-21(22-5)24-14-20-17-27(11-12-28-20)15-18(2)3;/h18-20H,6-17H2,1-5H3,(H2,22,23,24);1H. The van der Waals surface area contributed by atoms with Crippen molar-refractivity contribution in [3.63, 3.8) is 0 Å². The summed E-state index contributed by atoms with van der Waals surface area (Å²) in [7, 11) is 1.84. The van der Waals surface area contributed by atoms with Gasteiger partial charge in [0, 0.05) is 72.5 Å². The molecule has 2 N–H and O–H groups in total. The second-order valence-electron chi connectivity index (χ2n) is 8.82. The number of hydrogen-bond acceptors (Lipinski definition) is 5. The third-order valence-electron chi connectivity index (χ3n) is 5.67. The first-order chi connectivity index (χ1) is 13.5. The number of guanidine groups is 1. The molecule has 8 heteroatoms. The predicted molar refractivity (Wildman–Crippen MR) is 134 cm³/mol. The zero-order valence-electron chi connectivity index (χ0n) is 19.3. The lowest BCUT2D eigenvalue weighted by Crippen LogP contribution is -2.51. The highest BCUT2D eigenvalue weighted by Gasteiger charge is 2.21. The second-order valence-corrected chi connectivity index (χ2v) is 8.82. The van der Waals surface area contributed by atoms with Gasteiger partial charge in [0.15, 0.2) is 5.96 Å². The number of likely N-dealkylation sites (N-methyl/N-ethyl adjacent to an activating group) is 1. The van der Waals surface area contributed by atoms with Gasteiger partial charge in [0.2, 0.25) is 0 Å². The first-order valence-electron chi connectivity index (χ1n) is 11.2. The molecule has 0 saturated carbocycles. The Hall–Kier alpha value is -0.160. The van der Waals surface area contributed by atoms with E-state index in [2.05, 4.69) is 58.0 Å². The van der Waals surface area contributed by atoms with Gasteiger partial charge in [0.25, 0.3) is 0 Å². The highest BCUT2D eigenvalue weighted by Crippen LogP contribution is 2.08. The Balaban J connectivity index is 0.00000420. The van der Waals surface area contributed by atoms with Gasteiger partial charge in [-0.3, -0.25) is 9.89 Å². The summed E-state index contributed by atoms with van der Waals surface area (Å²) < 4.78 is 5.93. The van der Waals surface area contributed by atoms with Crippen LogP contribution < -0.4 is 10.6 Å². The van der Waals surface area contributed by atoms with Crippen LogP contribution in [0.3, 0.4) is 0 Å². The lowest BCUT2D eigenvalue weighted by atomic mass is 10.1. The van der Waals surface area contributed by atoms with E-state index in [9.17, 15) is 0 Å². The van der Waals surface area contributed by atoms with Crippen molar-refractivity contribution in [2.24, 2.45) is 16.8 Å². The minimum absolute atomic E-state index is 0. The van der Waals surface area contributed by atoms with Crippen molar-refractivity contribution >= 4 is 29.9 Å². The zero-order chi connectivity index (χ0) is 20.4. The number of nitrogens with one attached hydrogen (secondary N) is 2. The van der Waals surface area contributed by atoms with Crippen molar-refractivity contribution in [2.75, 3.05) is 85.6 Å². The molecule has 0 radical (unpaired) electrons. The van der Waals surface area contributed by atoms with Gasteiger partial charge in [0.05, 0.1) is 12.7 Å². The Morgan fingerprint density at radius 3 is 2.31 bits per heavy atom. The molecule has 0 aliphatic carbocycles. The van der Waals surface area contributed by atoms with E-state index in [1.165, 1.54) is 32.7 Å². The number of hydrogen-bond donors (Lipinski definition) is 2. The smallest absolute Gasteiger partial charge is 0.191 e. The van der Waals surface area contributed by atoms with E-state index in [1.54, 1.807) is 0 Å². The molecule has 2 unspecified atom stereocenters. The fourth-order valence-electron chi connectivity index (χ4n) is 4.08. The molecule has 2 rings (SSSR count). The molecule has 7 nitrogen and oxygen atoms in total. The molecule has 2 fully saturated rings. The molecule has 0 amide bonds. The SMILES string of the molecule is CCN1CCN(CC(C)CNC(=NC)NCC2CN(CC(C)C)CCO2)CC1.I. The summed E-state index contributed by atoms with van der Waals surface area (Å²) in [6.07, 6.45) is 0.235. The number of morpholine rings is 1. The minimum Gasteiger partial charge on any atom is -0.374 e. The van der Waals surface area contributed by atoms with E-state index in [0.717, 1.165) is 51.8 Å². The van der Waals surface area contributed by atoms with E-state index in [4.69, 9.17) is 4.74 Å². The lowest BCUT2D eigenvalue weighted by Gasteiger charge is -2.35. The van der Waals surface area contributed by atoms with Gasteiger partial charge < -0.3 is 25.2 Å². The summed E-state index contributed by atoms with van der Waals surface area (Å²) in [5, 5.41) is 6.95. The summed E-state index contributed by atoms with van der Waals surface area (Å²) >= 11 is 0. The molecular weight excluding hydrogens is 479 g/mol. The van der Waals surface area contributed by atoms with Crippen LogP contribution in [0.2, 0.25) is 0 Å². The van der Waals surface area contributed by atoms with Crippen molar-refractivity contribution in [2.45, 2.75) is 33.8 Å². The van der Waals surface area contributed by atoms with Gasteiger partial charge in [-0.15, -0.1) is 24.0 Å². The van der Waals surface area contributed by atoms with E-state index in [0.29, 0.717) is 11.8 Å². The molecule has 2 saturated heterocycles. The molecule has 0 bridgehead atoms. The largest absolute Gasteiger partial charge is 0.374 e. The van der Waals surface area contributed by atoms with Crippen molar-refractivity contribution in [3.8, 4) is 0 Å². The van der Waals surface area contributed by atoms with Crippen LogP contribution >= 0.6 is 24.0 Å². The molecule has 2 aliphatic heterocycles. The summed E-state index contributed by atoms with van der Waals surface area (Å²) in [5.41, 5.74) is 0. The molecular formula is C21H45IN6O. The monoisotopic (exact) mass is 524 g/mol. The van der Waals surface area contributed by atoms with Crippen LogP contribution in [-0.2, 0) is 4.74 Å². The van der Waals surface area contributed by atoms with E-state index in [1.807, 2.05) is 7.05 Å². The molecule has 2 aliphatic rings. The van der Waals surface area contributed by atoms with Gasteiger partial charge in [-0.25, -0.2) is 0 Å². The van der Waals surface area contributed by atoms with Crippen molar-refractivity contribution < 1.29 is 4.74 Å². The van der Waals surface area contributed by atoms with Gasteiger partial charge in [-0.1, -0.05) is 27.7 Å². The topological polar surface area (TPSA) is 55.4 Å². The summed E-state index contributed by atoms with van der Waals surface area (Å²) in [6.45, 7) is 22.0. The highest BCUT2D eigenvalue weighted by atomic mass is 127. The third-order valence-corrected chi connectivity index (χ3v) is 5.67. The average Bonchev–Trinajstić information content (AvgIpc) is 2.68. The maximum atomic E-state index is 5.93. The van der Waals surface area contributed by atoms with Gasteiger partial charge in [0.1, 0.15) is 0 Å². The summed E-state index contributed by atoms with van der Waals surface area (Å²) in [5.74, 6) is 2.18. The molecule has 0 aromatic heterocycles. The number of rotatable bonds is 9. The van der Waals surface area contributed by atoms with Crippen LogP contribution in [0.15, 0.2) is 4.99 Å². The summed E-state index contributed by atoms with van der Waals surface area (Å²) in [4.78, 5) is 12.0. The molecule has 2 heterocycles. The van der Waals surface area contributed by atoms with Crippen molar-refractivity contribution in [1.29, 1.82) is 0 Å². The Morgan fingerprint density at radius 2 is 1.69 bits per heavy atom. The molecule has 0 aromatic carbocycles. The van der Waals surface area contributed by atoms with Crippen molar-refractivity contribution in [3.05, 3.63) is 0 Å². The second kappa shape index (κ2) is 14.8. The first kappa shape index (κ1) is 26.9. The Bertz CT molecular complexity index is 456. The molecule has 172 valence electrons. The van der Waals surface area contributed by atoms with Crippen LogP contribution in [0.5, 0.6) is 0 Å². The fraction of sp³-hybridized carbons (Fsp3) is 0.952. The predicted octanol–water partition coefficient (Wildman–Crippen LogP) is 1.40. The van der Waals surface area contributed by atoms with E-state index >= 15 is 0 Å². The Morgan fingerprint density at radius 1 is 1.00 bits per heavy atom. The van der Waals surface area contributed by atoms with Crippen LogP contribution in [0.4, 0.5) is 0 Å². The number of nitrogens with zero attached hydrogens (tertiary/aromatic N) is 4. The van der Waals surface area contributed by atoms with Crippen molar-refractivity contribution in [1.82, 2.24) is 25.3 Å². The Kier molecular flexibility index (Phi) is 13.7. The fourth-order valence-corrected chi connectivity index (χ4v) is 4.08. The number of piperazine rings is 1. The van der Waals surface area contributed by atoms with Gasteiger partial charge in [-0.2, -0.15) is 0 Å². The molecule has 2 atom stereocenters. The molecule has 29 heavy (non-hydrogen) atoms. The van der Waals surface area contributed by atoms with Crippen LogP contribution in [0, 0.1) is 11.8 Å². The maximum Gasteiger partial charge on any atom is 0.191 e. The number of aliphatic imine (C=N–C) groups is 1. The van der Waals surface area contributed by atoms with Crippen LogP contribution in [-0.4, -0.2) is 112 Å². The zero-order valence-corrected chi connectivity index (χ0v) is 21.7. The highest BCUT2D eigenvalue weighted by molar-refractivity contribution is 14.0. The van der Waals surface area contributed by atoms with E-state index < -0.39 is 0 Å². The normalized spacial score (nSPS) is 23.7. The van der Waals surface area contributed by atoms with Gasteiger partial charge >= 0.3 is 0 Å². The van der Waals surface area contributed by atoms with E-state index in [-0.39, 0.29) is 30.1 Å². The number of ether oxygens (including phenoxy) is 1. The lowest BCUT2D eigenvalue weighted by molar-refractivity contribution is -0.0284. The van der Waals surface area contributed by atoms with Crippen LogP contribution in [0.25, 0.3) is 0 Å². The van der Waals surface area contributed by atoms with Gasteiger partial charge in [-0.05, 0) is 18.4 Å². The minimum atomic E-state index is 0. The average molecular weight is 525 g/mol. The third kappa shape index (κ3) is 10.6. The first-order valence-corrected chi connectivity index (χ1v) is 11.2. The Labute approximate surface area is 196 Å². The quantitative estimate of drug-likeness (QED) is 0.270. The maximum absolute atomic E-state index is 5.93. The number of halogens is 1.